The molecule has 1 fully saturated rings. The lowest BCUT2D eigenvalue weighted by Gasteiger charge is -2.23. The summed E-state index contributed by atoms with van der Waals surface area (Å²) in [5.41, 5.74) is 2.84. The minimum atomic E-state index is -0.970. The quantitative estimate of drug-likeness (QED) is 0.179. The molecule has 2 atom stereocenters. The second-order valence-corrected chi connectivity index (χ2v) is 11.1. The molecular weight excluding hydrogens is 542 g/mol. The Bertz CT molecular complexity index is 1680. The number of hydrogen-bond donors (Lipinski definition) is 1. The lowest BCUT2D eigenvalue weighted by atomic mass is 9.94. The number of carbonyl (C=O) groups excluding carboxylic acids is 2. The molecule has 2 aliphatic heterocycles. The number of nitrogens with zero attached hydrogens (tertiary/aromatic N) is 3. The number of hydrogen-bond acceptors (Lipinski definition) is 9. The van der Waals surface area contributed by atoms with Crippen LogP contribution in [0.25, 0.3) is 5.76 Å². The van der Waals surface area contributed by atoms with Gasteiger partial charge in [-0.05, 0) is 60.9 Å². The van der Waals surface area contributed by atoms with E-state index in [4.69, 9.17) is 14.2 Å². The van der Waals surface area contributed by atoms with Crippen molar-refractivity contribution in [1.82, 2.24) is 10.2 Å². The van der Waals surface area contributed by atoms with E-state index in [2.05, 4.69) is 10.2 Å². The third-order valence-corrected chi connectivity index (χ3v) is 7.91. The molecule has 1 saturated heterocycles. The summed E-state index contributed by atoms with van der Waals surface area (Å²) in [5, 5.41) is 20.6. The number of methoxy groups -OCH3 is 1. The minimum absolute atomic E-state index is 0.0173. The van der Waals surface area contributed by atoms with Crippen LogP contribution < -0.4 is 19.1 Å². The Balaban J connectivity index is 1.44. The summed E-state index contributed by atoms with van der Waals surface area (Å²) in [7, 11) is 1.52. The first-order chi connectivity index (χ1) is 19.8. The smallest absolute Gasteiger partial charge is 0.301 e. The van der Waals surface area contributed by atoms with Gasteiger partial charge < -0.3 is 19.3 Å². The van der Waals surface area contributed by atoms with Gasteiger partial charge in [-0.25, -0.2) is 0 Å². The van der Waals surface area contributed by atoms with Crippen molar-refractivity contribution < 1.29 is 28.9 Å². The Morgan fingerprint density at radius 1 is 1.07 bits per heavy atom. The first-order valence-corrected chi connectivity index (χ1v) is 13.9. The van der Waals surface area contributed by atoms with Crippen molar-refractivity contribution >= 4 is 33.9 Å². The number of aromatic nitrogens is 2. The molecule has 6 rings (SSSR count). The largest absolute Gasteiger partial charge is 0.507 e. The highest BCUT2D eigenvalue weighted by molar-refractivity contribution is 7.15. The average Bonchev–Trinajstić information content (AvgIpc) is 3.65. The van der Waals surface area contributed by atoms with E-state index in [0.717, 1.165) is 16.9 Å². The first-order valence-electron chi connectivity index (χ1n) is 13.1. The maximum atomic E-state index is 13.5. The lowest BCUT2D eigenvalue weighted by Crippen LogP contribution is -2.29. The molecule has 41 heavy (non-hydrogen) atoms. The molecule has 1 aromatic heterocycles. The molecule has 2 aliphatic rings. The highest BCUT2D eigenvalue weighted by Crippen LogP contribution is 2.45. The number of carbonyl (C=O) groups is 2. The number of benzene rings is 3. The van der Waals surface area contributed by atoms with Gasteiger partial charge in [-0.3, -0.25) is 14.5 Å². The van der Waals surface area contributed by atoms with E-state index in [0.29, 0.717) is 40.7 Å². The molecule has 9 nitrogen and oxygen atoms in total. The number of aliphatic hydroxyl groups excluding tert-OH is 1. The molecule has 1 amide bonds. The fourth-order valence-electron chi connectivity index (χ4n) is 5.16. The van der Waals surface area contributed by atoms with E-state index in [1.54, 1.807) is 43.3 Å². The van der Waals surface area contributed by atoms with Gasteiger partial charge in [-0.15, -0.1) is 10.2 Å². The Hall–Kier alpha value is -4.70. The highest BCUT2D eigenvalue weighted by atomic mass is 32.1. The number of ether oxygens (including phenoxy) is 3. The van der Waals surface area contributed by atoms with Gasteiger partial charge in [0.1, 0.15) is 29.2 Å². The fourth-order valence-corrected chi connectivity index (χ4v) is 5.88. The predicted octanol–water partition coefficient (Wildman–Crippen LogP) is 5.38. The summed E-state index contributed by atoms with van der Waals surface area (Å²) in [6.07, 6.45) is 0.698. The van der Waals surface area contributed by atoms with Crippen LogP contribution in [0, 0.1) is 6.92 Å². The number of rotatable bonds is 7. The molecule has 3 heterocycles. The van der Waals surface area contributed by atoms with Gasteiger partial charge in [-0.1, -0.05) is 47.7 Å². The second-order valence-electron chi connectivity index (χ2n) is 9.91. The summed E-state index contributed by atoms with van der Waals surface area (Å²) < 4.78 is 17.5. The molecule has 3 aromatic carbocycles. The Labute approximate surface area is 240 Å². The molecule has 0 bridgehead atoms. The van der Waals surface area contributed by atoms with Crippen molar-refractivity contribution in [2.24, 2.45) is 0 Å². The van der Waals surface area contributed by atoms with Crippen molar-refractivity contribution in [3.8, 4) is 17.2 Å². The van der Waals surface area contributed by atoms with Crippen LogP contribution in [0.5, 0.6) is 17.2 Å². The van der Waals surface area contributed by atoms with Gasteiger partial charge in [0.15, 0.2) is 11.5 Å². The number of amides is 1. The van der Waals surface area contributed by atoms with Crippen LogP contribution in [-0.2, 0) is 22.6 Å². The number of Topliss-reactive ketones (excluding diaryl/α,β-unsaturated/α-hetero) is 1. The third-order valence-electron chi connectivity index (χ3n) is 7.08. The monoisotopic (exact) mass is 569 g/mol. The molecule has 0 saturated carbocycles. The summed E-state index contributed by atoms with van der Waals surface area (Å²) in [6, 6.07) is 19.2. The number of aliphatic hydroxyl groups is 1. The SMILES string of the molecule is COc1cc([C@@H]2/C(=C(\O)c3ccc4c(c3)C[C@@H](C)O4)C(=O)C(=O)N2c2nnc(C)s2)ccc1OCc1ccccc1. The zero-order valence-corrected chi connectivity index (χ0v) is 23.5. The maximum Gasteiger partial charge on any atom is 0.301 e. The average molecular weight is 570 g/mol. The standard InChI is InChI=1S/C31H27N3O6S/c1-17-13-22-14-21(10-11-23(22)40-17)28(35)26-27(34(30(37)29(26)36)31-33-32-18(2)41-31)20-9-12-24(25(15-20)38-3)39-16-19-7-5-4-6-8-19/h4-12,14-15,17,27,35H,13,16H2,1-3H3/b28-26+/t17-,27-/m1/s1. The van der Waals surface area contributed by atoms with Gasteiger partial charge in [0.25, 0.3) is 5.78 Å². The van der Waals surface area contributed by atoms with Gasteiger partial charge in [0.05, 0.1) is 18.7 Å². The Morgan fingerprint density at radius 2 is 1.88 bits per heavy atom. The minimum Gasteiger partial charge on any atom is -0.507 e. The van der Waals surface area contributed by atoms with Gasteiger partial charge in [-0.2, -0.15) is 0 Å². The fraction of sp³-hybridized carbons (Fsp3) is 0.226. The predicted molar refractivity (Wildman–Crippen MR) is 153 cm³/mol. The Kier molecular flexibility index (Phi) is 6.92. The molecule has 0 radical (unpaired) electrons. The van der Waals surface area contributed by atoms with Crippen LogP contribution in [0.4, 0.5) is 5.13 Å². The molecule has 208 valence electrons. The third kappa shape index (κ3) is 4.91. The van der Waals surface area contributed by atoms with E-state index < -0.39 is 17.7 Å². The van der Waals surface area contributed by atoms with Crippen LogP contribution in [0.2, 0.25) is 0 Å². The van der Waals surface area contributed by atoms with E-state index in [-0.39, 0.29) is 22.6 Å². The van der Waals surface area contributed by atoms with E-state index in [1.165, 1.54) is 23.3 Å². The van der Waals surface area contributed by atoms with Gasteiger partial charge >= 0.3 is 5.91 Å². The van der Waals surface area contributed by atoms with Crippen LogP contribution in [0.1, 0.15) is 40.2 Å². The molecule has 10 heteroatoms. The van der Waals surface area contributed by atoms with E-state index >= 15 is 0 Å². The van der Waals surface area contributed by atoms with Gasteiger partial charge in [0.2, 0.25) is 5.13 Å². The zero-order chi connectivity index (χ0) is 28.7. The number of fused-ring (bicyclic) bond motifs is 1. The summed E-state index contributed by atoms with van der Waals surface area (Å²) >= 11 is 1.19. The number of anilines is 1. The molecule has 4 aromatic rings. The lowest BCUT2D eigenvalue weighted by molar-refractivity contribution is -0.132. The first kappa shape index (κ1) is 26.5. The van der Waals surface area contributed by atoms with Crippen molar-refractivity contribution in [1.29, 1.82) is 0 Å². The van der Waals surface area contributed by atoms with Crippen LogP contribution >= 0.6 is 11.3 Å². The molecule has 0 spiro atoms. The summed E-state index contributed by atoms with van der Waals surface area (Å²) in [4.78, 5) is 28.3. The second kappa shape index (κ2) is 10.7. The molecular formula is C31H27N3O6S. The molecule has 0 aliphatic carbocycles. The highest BCUT2D eigenvalue weighted by Gasteiger charge is 2.48. The van der Waals surface area contributed by atoms with Crippen molar-refractivity contribution in [3.05, 3.63) is 99.6 Å². The molecule has 1 N–H and O–H groups in total. The summed E-state index contributed by atoms with van der Waals surface area (Å²) in [6.45, 7) is 4.07. The topological polar surface area (TPSA) is 111 Å². The summed E-state index contributed by atoms with van der Waals surface area (Å²) in [5.74, 6) is -0.227. The molecule has 0 unspecified atom stereocenters. The number of aryl methyl sites for hydroxylation is 1. The van der Waals surface area contributed by atoms with Crippen molar-refractivity contribution in [3.63, 3.8) is 0 Å². The van der Waals surface area contributed by atoms with Crippen molar-refractivity contribution in [2.45, 2.75) is 39.0 Å². The number of ketones is 1. The van der Waals surface area contributed by atoms with Crippen LogP contribution in [0.15, 0.2) is 72.3 Å². The van der Waals surface area contributed by atoms with Gasteiger partial charge in [0, 0.05) is 12.0 Å². The maximum absolute atomic E-state index is 13.5. The Morgan fingerprint density at radius 3 is 2.61 bits per heavy atom. The van der Waals surface area contributed by atoms with Crippen LogP contribution in [-0.4, -0.2) is 40.2 Å². The normalized spacial score (nSPS) is 19.2. The van der Waals surface area contributed by atoms with Crippen LogP contribution in [0.3, 0.4) is 0 Å². The zero-order valence-electron chi connectivity index (χ0n) is 22.7. The van der Waals surface area contributed by atoms with E-state index in [9.17, 15) is 14.7 Å². The van der Waals surface area contributed by atoms with Crippen molar-refractivity contribution in [2.75, 3.05) is 12.0 Å². The van der Waals surface area contributed by atoms with E-state index in [1.807, 2.05) is 37.3 Å².